The van der Waals surface area contributed by atoms with Crippen molar-refractivity contribution in [2.45, 2.75) is 10.1 Å². The highest BCUT2D eigenvalue weighted by Gasteiger charge is 2.24. The minimum atomic E-state index is -0.385. The Hall–Kier alpha value is -2.44. The lowest BCUT2D eigenvalue weighted by atomic mass is 10.1. The van der Waals surface area contributed by atoms with E-state index in [4.69, 9.17) is 9.47 Å². The van der Waals surface area contributed by atoms with Gasteiger partial charge in [0, 0.05) is 21.5 Å². The molecule has 1 amide bonds. The second kappa shape index (κ2) is 8.71. The maximum atomic E-state index is 13.2. The number of hydrogen-bond donors (Lipinski definition) is 1. The molecule has 1 unspecified atom stereocenters. The summed E-state index contributed by atoms with van der Waals surface area (Å²) in [6, 6.07) is 23.3. The SMILES string of the molecule is O=C(Nc1cc2c(cc1Br)OCCO2)C(Sc1ccccc1)c1ccccc1. The van der Waals surface area contributed by atoms with Crippen LogP contribution >= 0.6 is 27.7 Å². The summed E-state index contributed by atoms with van der Waals surface area (Å²) >= 11 is 5.04. The molecule has 28 heavy (non-hydrogen) atoms. The van der Waals surface area contributed by atoms with Crippen molar-refractivity contribution in [2.24, 2.45) is 0 Å². The topological polar surface area (TPSA) is 47.6 Å². The average molecular weight is 456 g/mol. The molecule has 1 heterocycles. The van der Waals surface area contributed by atoms with Gasteiger partial charge in [-0.1, -0.05) is 48.5 Å². The molecule has 0 fully saturated rings. The molecule has 142 valence electrons. The smallest absolute Gasteiger partial charge is 0.242 e. The lowest BCUT2D eigenvalue weighted by molar-refractivity contribution is -0.115. The third-order valence-corrected chi connectivity index (χ3v) is 6.15. The number of nitrogens with one attached hydrogen (secondary N) is 1. The molecule has 0 saturated carbocycles. The van der Waals surface area contributed by atoms with Crippen LogP contribution in [0.3, 0.4) is 0 Å². The molecule has 0 aromatic heterocycles. The summed E-state index contributed by atoms with van der Waals surface area (Å²) in [4.78, 5) is 14.2. The maximum Gasteiger partial charge on any atom is 0.242 e. The van der Waals surface area contributed by atoms with E-state index in [1.165, 1.54) is 11.8 Å². The molecule has 4 nitrogen and oxygen atoms in total. The van der Waals surface area contributed by atoms with E-state index in [2.05, 4.69) is 21.2 Å². The van der Waals surface area contributed by atoms with E-state index >= 15 is 0 Å². The van der Waals surface area contributed by atoms with Crippen molar-refractivity contribution in [3.8, 4) is 11.5 Å². The van der Waals surface area contributed by atoms with Crippen LogP contribution < -0.4 is 14.8 Å². The van der Waals surface area contributed by atoms with E-state index in [1.54, 1.807) is 6.07 Å². The summed E-state index contributed by atoms with van der Waals surface area (Å²) in [6.45, 7) is 1.02. The second-order valence-electron chi connectivity index (χ2n) is 6.19. The van der Waals surface area contributed by atoms with Crippen LogP contribution in [0.25, 0.3) is 0 Å². The number of fused-ring (bicyclic) bond motifs is 1. The highest BCUT2D eigenvalue weighted by Crippen LogP contribution is 2.40. The number of ether oxygens (including phenoxy) is 2. The molecule has 1 atom stereocenters. The van der Waals surface area contributed by atoms with Crippen molar-refractivity contribution >= 4 is 39.3 Å². The summed E-state index contributed by atoms with van der Waals surface area (Å²) in [5.74, 6) is 1.21. The first-order valence-electron chi connectivity index (χ1n) is 8.87. The average Bonchev–Trinajstić information content (AvgIpc) is 2.74. The number of halogens is 1. The number of anilines is 1. The van der Waals surface area contributed by atoms with Crippen LogP contribution in [-0.4, -0.2) is 19.1 Å². The number of carbonyl (C=O) groups excluding carboxylic acids is 1. The van der Waals surface area contributed by atoms with Gasteiger partial charge in [0.2, 0.25) is 5.91 Å². The Bertz CT molecular complexity index is 966. The lowest BCUT2D eigenvalue weighted by Crippen LogP contribution is -2.20. The van der Waals surface area contributed by atoms with Gasteiger partial charge < -0.3 is 14.8 Å². The first-order valence-corrected chi connectivity index (χ1v) is 10.5. The molecule has 0 aliphatic carbocycles. The molecule has 3 aromatic carbocycles. The molecule has 0 radical (unpaired) electrons. The zero-order chi connectivity index (χ0) is 19.3. The number of amides is 1. The Morgan fingerprint density at radius 1 is 0.929 bits per heavy atom. The van der Waals surface area contributed by atoms with Gasteiger partial charge in [-0.2, -0.15) is 0 Å². The van der Waals surface area contributed by atoms with E-state index < -0.39 is 0 Å². The van der Waals surface area contributed by atoms with Gasteiger partial charge in [0.1, 0.15) is 18.5 Å². The maximum absolute atomic E-state index is 13.2. The van der Waals surface area contributed by atoms with E-state index in [0.29, 0.717) is 30.4 Å². The Kier molecular flexibility index (Phi) is 5.88. The van der Waals surface area contributed by atoms with E-state index in [-0.39, 0.29) is 11.2 Å². The molecular weight excluding hydrogens is 438 g/mol. The monoisotopic (exact) mass is 455 g/mol. The summed E-state index contributed by atoms with van der Waals surface area (Å²) in [6.07, 6.45) is 0. The predicted octanol–water partition coefficient (Wildman–Crippen LogP) is 5.69. The first-order chi connectivity index (χ1) is 13.7. The molecule has 0 bridgehead atoms. The number of carbonyl (C=O) groups is 1. The lowest BCUT2D eigenvalue weighted by Gasteiger charge is -2.21. The predicted molar refractivity (Wildman–Crippen MR) is 115 cm³/mol. The number of rotatable bonds is 5. The van der Waals surface area contributed by atoms with Gasteiger partial charge in [0.25, 0.3) is 0 Å². The summed E-state index contributed by atoms with van der Waals surface area (Å²) < 4.78 is 12.0. The highest BCUT2D eigenvalue weighted by atomic mass is 79.9. The largest absolute Gasteiger partial charge is 0.486 e. The molecule has 0 spiro atoms. The Morgan fingerprint density at radius 3 is 2.21 bits per heavy atom. The molecule has 0 saturated heterocycles. The Labute approximate surface area is 176 Å². The minimum Gasteiger partial charge on any atom is -0.486 e. The van der Waals surface area contributed by atoms with Crippen molar-refractivity contribution in [1.82, 2.24) is 0 Å². The third-order valence-electron chi connectivity index (χ3n) is 4.23. The molecule has 3 aromatic rings. The second-order valence-corrected chi connectivity index (χ2v) is 8.22. The van der Waals surface area contributed by atoms with Gasteiger partial charge in [0.05, 0.1) is 5.69 Å². The number of thioether (sulfide) groups is 1. The Morgan fingerprint density at radius 2 is 1.54 bits per heavy atom. The standard InChI is InChI=1S/C22H18BrNO3S/c23-17-13-19-20(27-12-11-26-19)14-18(17)24-22(25)21(15-7-3-1-4-8-15)28-16-9-5-2-6-10-16/h1-10,13-14,21H,11-12H2,(H,24,25). The van der Waals surface area contributed by atoms with Crippen molar-refractivity contribution in [2.75, 3.05) is 18.5 Å². The van der Waals surface area contributed by atoms with Crippen molar-refractivity contribution in [3.05, 3.63) is 82.8 Å². The van der Waals surface area contributed by atoms with Gasteiger partial charge >= 0.3 is 0 Å². The number of hydrogen-bond acceptors (Lipinski definition) is 4. The van der Waals surface area contributed by atoms with Crippen LogP contribution in [-0.2, 0) is 4.79 Å². The normalized spacial score (nSPS) is 13.6. The Balaban J connectivity index is 1.61. The summed E-state index contributed by atoms with van der Waals surface area (Å²) in [7, 11) is 0. The summed E-state index contributed by atoms with van der Waals surface area (Å²) in [5.41, 5.74) is 1.60. The fourth-order valence-electron chi connectivity index (χ4n) is 2.89. The van der Waals surface area contributed by atoms with Gasteiger partial charge in [0.15, 0.2) is 11.5 Å². The molecule has 1 N–H and O–H groups in total. The van der Waals surface area contributed by atoms with Crippen LogP contribution in [0.5, 0.6) is 11.5 Å². The van der Waals surface area contributed by atoms with E-state index in [9.17, 15) is 4.79 Å². The van der Waals surface area contributed by atoms with Gasteiger partial charge in [-0.25, -0.2) is 0 Å². The molecule has 1 aliphatic rings. The van der Waals surface area contributed by atoms with Crippen molar-refractivity contribution in [1.29, 1.82) is 0 Å². The minimum absolute atomic E-state index is 0.0996. The number of benzene rings is 3. The van der Waals surface area contributed by atoms with Crippen LogP contribution in [0.1, 0.15) is 10.8 Å². The zero-order valence-electron chi connectivity index (χ0n) is 14.9. The fourth-order valence-corrected chi connectivity index (χ4v) is 4.36. The molecular formula is C22H18BrNO3S. The van der Waals surface area contributed by atoms with Gasteiger partial charge in [-0.15, -0.1) is 11.8 Å². The van der Waals surface area contributed by atoms with Crippen LogP contribution in [0.2, 0.25) is 0 Å². The molecule has 1 aliphatic heterocycles. The van der Waals surface area contributed by atoms with Crippen molar-refractivity contribution < 1.29 is 14.3 Å². The first kappa shape index (κ1) is 18.9. The third kappa shape index (κ3) is 4.34. The van der Waals surface area contributed by atoms with Gasteiger partial charge in [-0.3, -0.25) is 4.79 Å². The summed E-state index contributed by atoms with van der Waals surface area (Å²) in [5, 5.41) is 2.65. The zero-order valence-corrected chi connectivity index (χ0v) is 17.3. The molecule has 6 heteroatoms. The highest BCUT2D eigenvalue weighted by molar-refractivity contribution is 9.10. The van der Waals surface area contributed by atoms with Crippen LogP contribution in [0.15, 0.2) is 82.2 Å². The van der Waals surface area contributed by atoms with Crippen molar-refractivity contribution in [3.63, 3.8) is 0 Å². The fraction of sp³-hybridized carbons (Fsp3) is 0.136. The van der Waals surface area contributed by atoms with Crippen LogP contribution in [0, 0.1) is 0 Å². The van der Waals surface area contributed by atoms with Gasteiger partial charge in [-0.05, 0) is 33.6 Å². The van der Waals surface area contributed by atoms with E-state index in [0.717, 1.165) is 14.9 Å². The van der Waals surface area contributed by atoms with E-state index in [1.807, 2.05) is 66.7 Å². The van der Waals surface area contributed by atoms with Crippen LogP contribution in [0.4, 0.5) is 5.69 Å². The quantitative estimate of drug-likeness (QED) is 0.501. The molecule has 4 rings (SSSR count).